The fourth-order valence-corrected chi connectivity index (χ4v) is 2.14. The molecule has 0 radical (unpaired) electrons. The smallest absolute Gasteiger partial charge is 0.142 e. The van der Waals surface area contributed by atoms with E-state index in [1.807, 2.05) is 24.3 Å². The largest absolute Gasteiger partial charge is 0.366 e. The Bertz CT molecular complexity index is 640. The molecule has 1 unspecified atom stereocenters. The SMILES string of the molecule is N#CC(Nc1cccc(Br)c1)c1ccc(Cl)c(F)c1. The first kappa shape index (κ1) is 13.9. The minimum absolute atomic E-state index is 0.0443. The zero-order valence-electron chi connectivity index (χ0n) is 9.70. The van der Waals surface area contributed by atoms with Gasteiger partial charge in [-0.1, -0.05) is 39.7 Å². The van der Waals surface area contributed by atoms with Gasteiger partial charge in [-0.05, 0) is 35.9 Å². The third kappa shape index (κ3) is 3.46. The van der Waals surface area contributed by atoms with Crippen LogP contribution in [-0.4, -0.2) is 0 Å². The van der Waals surface area contributed by atoms with Crippen LogP contribution >= 0.6 is 27.5 Å². The van der Waals surface area contributed by atoms with Crippen LogP contribution in [0, 0.1) is 17.1 Å². The summed E-state index contributed by atoms with van der Waals surface area (Å²) in [5.74, 6) is -0.532. The summed E-state index contributed by atoms with van der Waals surface area (Å²) in [6.07, 6.45) is 0. The highest BCUT2D eigenvalue weighted by Crippen LogP contribution is 2.24. The molecule has 1 N–H and O–H groups in total. The Labute approximate surface area is 123 Å². The molecule has 0 aliphatic carbocycles. The molecule has 1 atom stereocenters. The van der Waals surface area contributed by atoms with E-state index in [2.05, 4.69) is 27.3 Å². The van der Waals surface area contributed by atoms with Gasteiger partial charge < -0.3 is 5.32 Å². The Kier molecular flexibility index (Phi) is 4.41. The number of nitrogens with one attached hydrogen (secondary N) is 1. The average Bonchev–Trinajstić information content (AvgIpc) is 2.39. The lowest BCUT2D eigenvalue weighted by atomic mass is 10.1. The summed E-state index contributed by atoms with van der Waals surface area (Å²) in [5.41, 5.74) is 1.31. The van der Waals surface area contributed by atoms with Gasteiger partial charge in [0, 0.05) is 10.2 Å². The molecule has 2 aromatic carbocycles. The molecular weight excluding hydrogens is 331 g/mol. The predicted molar refractivity (Wildman–Crippen MR) is 77.5 cm³/mol. The van der Waals surface area contributed by atoms with Crippen molar-refractivity contribution in [3.05, 3.63) is 63.3 Å². The summed E-state index contributed by atoms with van der Waals surface area (Å²) in [5, 5.41) is 12.3. The van der Waals surface area contributed by atoms with E-state index in [9.17, 15) is 9.65 Å². The molecule has 0 spiro atoms. The van der Waals surface area contributed by atoms with Crippen molar-refractivity contribution < 1.29 is 4.39 Å². The fraction of sp³-hybridized carbons (Fsp3) is 0.0714. The van der Waals surface area contributed by atoms with E-state index in [1.165, 1.54) is 12.1 Å². The van der Waals surface area contributed by atoms with E-state index >= 15 is 0 Å². The van der Waals surface area contributed by atoms with E-state index < -0.39 is 11.9 Å². The summed E-state index contributed by atoms with van der Waals surface area (Å²) in [6.45, 7) is 0. The van der Waals surface area contributed by atoms with Crippen molar-refractivity contribution in [1.82, 2.24) is 0 Å². The first-order chi connectivity index (χ1) is 9.10. The van der Waals surface area contributed by atoms with Crippen LogP contribution in [0.3, 0.4) is 0 Å². The van der Waals surface area contributed by atoms with Crippen molar-refractivity contribution >= 4 is 33.2 Å². The fourth-order valence-electron chi connectivity index (χ4n) is 1.63. The number of anilines is 1. The minimum atomic E-state index is -0.638. The van der Waals surface area contributed by atoms with E-state index in [-0.39, 0.29) is 5.02 Å². The molecule has 5 heteroatoms. The summed E-state index contributed by atoms with van der Waals surface area (Å²) in [7, 11) is 0. The maximum absolute atomic E-state index is 13.4. The van der Waals surface area contributed by atoms with Crippen LogP contribution in [-0.2, 0) is 0 Å². The second-order valence-corrected chi connectivity index (χ2v) is 5.21. The van der Waals surface area contributed by atoms with Crippen molar-refractivity contribution in [2.45, 2.75) is 6.04 Å². The van der Waals surface area contributed by atoms with Crippen molar-refractivity contribution in [2.75, 3.05) is 5.32 Å². The molecule has 19 heavy (non-hydrogen) atoms. The Hall–Kier alpha value is -1.57. The van der Waals surface area contributed by atoms with Gasteiger partial charge in [-0.2, -0.15) is 5.26 Å². The van der Waals surface area contributed by atoms with Gasteiger partial charge in [0.15, 0.2) is 0 Å². The lowest BCUT2D eigenvalue weighted by Gasteiger charge is -2.14. The highest BCUT2D eigenvalue weighted by molar-refractivity contribution is 9.10. The van der Waals surface area contributed by atoms with E-state index in [4.69, 9.17) is 11.6 Å². The number of nitriles is 1. The van der Waals surface area contributed by atoms with Gasteiger partial charge in [0.1, 0.15) is 11.9 Å². The quantitative estimate of drug-likeness (QED) is 0.861. The highest BCUT2D eigenvalue weighted by Gasteiger charge is 2.12. The third-order valence-electron chi connectivity index (χ3n) is 2.54. The maximum Gasteiger partial charge on any atom is 0.142 e. The third-order valence-corrected chi connectivity index (χ3v) is 3.34. The topological polar surface area (TPSA) is 35.8 Å². The monoisotopic (exact) mass is 338 g/mol. The lowest BCUT2D eigenvalue weighted by Crippen LogP contribution is -2.08. The standard InChI is InChI=1S/C14H9BrClFN2/c15-10-2-1-3-11(7-10)19-14(8-18)9-4-5-12(16)13(17)6-9/h1-7,14,19H. The highest BCUT2D eigenvalue weighted by atomic mass is 79.9. The van der Waals surface area contributed by atoms with Gasteiger partial charge in [0.05, 0.1) is 11.1 Å². The zero-order valence-corrected chi connectivity index (χ0v) is 12.0. The number of hydrogen-bond donors (Lipinski definition) is 1. The van der Waals surface area contributed by atoms with Crippen molar-refractivity contribution in [3.8, 4) is 6.07 Å². The Balaban J connectivity index is 2.25. The second kappa shape index (κ2) is 6.05. The molecule has 0 bridgehead atoms. The van der Waals surface area contributed by atoms with Crippen LogP contribution in [0.2, 0.25) is 5.02 Å². The number of hydrogen-bond acceptors (Lipinski definition) is 2. The van der Waals surface area contributed by atoms with Gasteiger partial charge in [0.25, 0.3) is 0 Å². The molecule has 0 aromatic heterocycles. The predicted octanol–water partition coefficient (Wildman–Crippen LogP) is 4.92. The summed E-state index contributed by atoms with van der Waals surface area (Å²) >= 11 is 8.98. The molecule has 2 nitrogen and oxygen atoms in total. The number of halogens is 3. The number of rotatable bonds is 3. The zero-order chi connectivity index (χ0) is 13.8. The summed E-state index contributed by atoms with van der Waals surface area (Å²) in [4.78, 5) is 0. The molecular formula is C14H9BrClFN2. The molecule has 2 rings (SSSR count). The van der Waals surface area contributed by atoms with Crippen LogP contribution in [0.5, 0.6) is 0 Å². The van der Waals surface area contributed by atoms with E-state index in [0.29, 0.717) is 5.56 Å². The normalized spacial score (nSPS) is 11.7. The molecule has 0 saturated heterocycles. The Morgan fingerprint density at radius 2 is 2.05 bits per heavy atom. The molecule has 2 aromatic rings. The van der Waals surface area contributed by atoms with Crippen LogP contribution in [0.1, 0.15) is 11.6 Å². The molecule has 0 aliphatic rings. The summed E-state index contributed by atoms with van der Waals surface area (Å²) in [6, 6.07) is 13.2. The van der Waals surface area contributed by atoms with Gasteiger partial charge >= 0.3 is 0 Å². The van der Waals surface area contributed by atoms with Crippen LogP contribution in [0.25, 0.3) is 0 Å². The summed E-state index contributed by atoms with van der Waals surface area (Å²) < 4.78 is 14.3. The number of nitrogens with zero attached hydrogens (tertiary/aromatic N) is 1. The number of benzene rings is 2. The van der Waals surface area contributed by atoms with Gasteiger partial charge in [-0.3, -0.25) is 0 Å². The maximum atomic E-state index is 13.4. The molecule has 0 fully saturated rings. The molecule has 0 heterocycles. The van der Waals surface area contributed by atoms with E-state index in [0.717, 1.165) is 10.2 Å². The molecule has 0 aliphatic heterocycles. The van der Waals surface area contributed by atoms with Gasteiger partial charge in [0.2, 0.25) is 0 Å². The molecule has 0 saturated carbocycles. The van der Waals surface area contributed by atoms with Crippen molar-refractivity contribution in [3.63, 3.8) is 0 Å². The van der Waals surface area contributed by atoms with Gasteiger partial charge in [-0.25, -0.2) is 4.39 Å². The Morgan fingerprint density at radius 3 is 2.68 bits per heavy atom. The molecule has 0 amide bonds. The second-order valence-electron chi connectivity index (χ2n) is 3.89. The lowest BCUT2D eigenvalue weighted by molar-refractivity contribution is 0.625. The average molecular weight is 340 g/mol. The van der Waals surface area contributed by atoms with Crippen LogP contribution in [0.4, 0.5) is 10.1 Å². The Morgan fingerprint density at radius 1 is 1.26 bits per heavy atom. The first-order valence-electron chi connectivity index (χ1n) is 5.47. The van der Waals surface area contributed by atoms with Crippen LogP contribution < -0.4 is 5.32 Å². The first-order valence-corrected chi connectivity index (χ1v) is 6.64. The van der Waals surface area contributed by atoms with E-state index in [1.54, 1.807) is 6.07 Å². The van der Waals surface area contributed by atoms with Crippen LogP contribution in [0.15, 0.2) is 46.9 Å². The van der Waals surface area contributed by atoms with Crippen molar-refractivity contribution in [1.29, 1.82) is 5.26 Å². The minimum Gasteiger partial charge on any atom is -0.366 e. The van der Waals surface area contributed by atoms with Crippen molar-refractivity contribution in [2.24, 2.45) is 0 Å². The van der Waals surface area contributed by atoms with Gasteiger partial charge in [-0.15, -0.1) is 0 Å². The molecule has 96 valence electrons.